The lowest BCUT2D eigenvalue weighted by atomic mass is 10.1. The largest absolute Gasteiger partial charge is 0.455 e. The predicted molar refractivity (Wildman–Crippen MR) is 104 cm³/mol. The van der Waals surface area contributed by atoms with E-state index in [9.17, 15) is 27.6 Å². The molecule has 0 atom stereocenters. The first-order valence-corrected chi connectivity index (χ1v) is 9.34. The molecular weight excluding hydrogens is 471 g/mol. The molecular formula is C19H15BrF3N3O4. The summed E-state index contributed by atoms with van der Waals surface area (Å²) < 4.78 is 45.7. The molecule has 2 aromatic carbocycles. The Balaban J connectivity index is 1.84. The second kappa shape index (κ2) is 8.34. The van der Waals surface area contributed by atoms with Gasteiger partial charge < -0.3 is 15.0 Å². The third-order valence-electron chi connectivity index (χ3n) is 4.16. The van der Waals surface area contributed by atoms with Gasteiger partial charge in [-0.2, -0.15) is 13.2 Å². The number of nitrogens with zero attached hydrogens (tertiary/aromatic N) is 2. The van der Waals surface area contributed by atoms with Crippen LogP contribution < -0.4 is 10.1 Å². The van der Waals surface area contributed by atoms with Crippen LogP contribution in [0.1, 0.15) is 5.56 Å². The molecule has 1 fully saturated rings. The van der Waals surface area contributed by atoms with E-state index < -0.39 is 36.1 Å². The Morgan fingerprint density at radius 2 is 1.83 bits per heavy atom. The molecule has 4 amide bonds. The van der Waals surface area contributed by atoms with Crippen molar-refractivity contribution in [1.82, 2.24) is 9.80 Å². The van der Waals surface area contributed by atoms with E-state index >= 15 is 0 Å². The summed E-state index contributed by atoms with van der Waals surface area (Å²) in [5.74, 6) is -1.12. The van der Waals surface area contributed by atoms with Crippen molar-refractivity contribution >= 4 is 39.5 Å². The fraction of sp³-hybridized carbons (Fsp3) is 0.211. The molecule has 3 rings (SSSR count). The van der Waals surface area contributed by atoms with Gasteiger partial charge in [0.2, 0.25) is 5.91 Å². The number of benzene rings is 2. The zero-order chi connectivity index (χ0) is 22.1. The van der Waals surface area contributed by atoms with Crippen LogP contribution >= 0.6 is 15.9 Å². The van der Waals surface area contributed by atoms with E-state index in [1.807, 2.05) is 0 Å². The van der Waals surface area contributed by atoms with E-state index in [-0.39, 0.29) is 18.0 Å². The van der Waals surface area contributed by atoms with Crippen LogP contribution in [-0.2, 0) is 15.8 Å². The lowest BCUT2D eigenvalue weighted by Crippen LogP contribution is -2.38. The number of halogens is 4. The summed E-state index contributed by atoms with van der Waals surface area (Å²) in [5, 5.41) is 2.30. The molecule has 7 nitrogen and oxygen atoms in total. The number of likely N-dealkylation sites (N-methyl/N-ethyl adjacent to an activating group) is 1. The number of alkyl halides is 3. The van der Waals surface area contributed by atoms with Gasteiger partial charge in [-0.05, 0) is 42.5 Å². The van der Waals surface area contributed by atoms with Crippen molar-refractivity contribution in [3.8, 4) is 11.5 Å². The molecule has 0 saturated carbocycles. The van der Waals surface area contributed by atoms with Crippen LogP contribution in [0.25, 0.3) is 0 Å². The van der Waals surface area contributed by atoms with Gasteiger partial charge in [0.05, 0.1) is 11.3 Å². The minimum atomic E-state index is -4.64. The van der Waals surface area contributed by atoms with E-state index in [4.69, 9.17) is 4.74 Å². The number of urea groups is 1. The molecule has 0 aliphatic carbocycles. The third kappa shape index (κ3) is 4.90. The normalized spacial score (nSPS) is 14.3. The Hall–Kier alpha value is -3.08. The second-order valence-corrected chi connectivity index (χ2v) is 7.35. The summed E-state index contributed by atoms with van der Waals surface area (Å²) in [6.07, 6.45) is -4.64. The molecule has 0 aromatic heterocycles. The Morgan fingerprint density at radius 1 is 1.17 bits per heavy atom. The van der Waals surface area contributed by atoms with Gasteiger partial charge in [-0.15, -0.1) is 0 Å². The maximum Gasteiger partial charge on any atom is 0.416 e. The molecule has 158 valence electrons. The summed E-state index contributed by atoms with van der Waals surface area (Å²) in [5.41, 5.74) is -1.24. The third-order valence-corrected chi connectivity index (χ3v) is 4.68. The number of anilines is 1. The lowest BCUT2D eigenvalue weighted by molar-refractivity contribution is -0.137. The van der Waals surface area contributed by atoms with E-state index in [1.165, 1.54) is 7.05 Å². The van der Waals surface area contributed by atoms with Crippen molar-refractivity contribution in [2.45, 2.75) is 6.18 Å². The first kappa shape index (κ1) is 21.6. The van der Waals surface area contributed by atoms with Crippen LogP contribution in [0, 0.1) is 0 Å². The van der Waals surface area contributed by atoms with Crippen molar-refractivity contribution in [3.05, 3.63) is 52.5 Å². The van der Waals surface area contributed by atoms with Crippen LogP contribution in [-0.4, -0.2) is 47.8 Å². The summed E-state index contributed by atoms with van der Waals surface area (Å²) in [6.45, 7) is -0.802. The number of amides is 4. The van der Waals surface area contributed by atoms with Gasteiger partial charge in [0.1, 0.15) is 18.8 Å². The van der Waals surface area contributed by atoms with Gasteiger partial charge in [-0.3, -0.25) is 14.5 Å². The quantitative estimate of drug-likeness (QED) is 0.646. The summed E-state index contributed by atoms with van der Waals surface area (Å²) >= 11 is 3.26. The number of hydrogen-bond donors (Lipinski definition) is 1. The minimum Gasteiger partial charge on any atom is -0.455 e. The van der Waals surface area contributed by atoms with E-state index in [2.05, 4.69) is 21.2 Å². The smallest absolute Gasteiger partial charge is 0.416 e. The van der Waals surface area contributed by atoms with Crippen molar-refractivity contribution in [1.29, 1.82) is 0 Å². The van der Waals surface area contributed by atoms with Gasteiger partial charge in [0, 0.05) is 11.5 Å². The van der Waals surface area contributed by atoms with Crippen molar-refractivity contribution < 1.29 is 32.3 Å². The molecule has 0 bridgehead atoms. The summed E-state index contributed by atoms with van der Waals surface area (Å²) in [4.78, 5) is 37.9. The topological polar surface area (TPSA) is 79.0 Å². The highest BCUT2D eigenvalue weighted by Gasteiger charge is 2.35. The Bertz CT molecular complexity index is 996. The number of carbonyl (C=O) groups excluding carboxylic acids is 3. The van der Waals surface area contributed by atoms with Gasteiger partial charge in [-0.1, -0.05) is 15.9 Å². The van der Waals surface area contributed by atoms with E-state index in [0.29, 0.717) is 5.75 Å². The highest BCUT2D eigenvalue weighted by molar-refractivity contribution is 9.10. The fourth-order valence-corrected chi connectivity index (χ4v) is 2.94. The van der Waals surface area contributed by atoms with E-state index in [1.54, 1.807) is 24.3 Å². The zero-order valence-electron chi connectivity index (χ0n) is 15.5. The Morgan fingerprint density at radius 3 is 2.40 bits per heavy atom. The van der Waals surface area contributed by atoms with Crippen LogP contribution in [0.2, 0.25) is 0 Å². The van der Waals surface area contributed by atoms with Crippen LogP contribution in [0.5, 0.6) is 11.5 Å². The number of nitrogens with one attached hydrogen (secondary N) is 1. The average molecular weight is 486 g/mol. The second-order valence-electron chi connectivity index (χ2n) is 6.43. The monoisotopic (exact) mass is 485 g/mol. The van der Waals surface area contributed by atoms with Crippen molar-refractivity contribution in [2.75, 3.05) is 25.5 Å². The first-order valence-electron chi connectivity index (χ1n) is 8.54. The maximum absolute atomic E-state index is 13.1. The van der Waals surface area contributed by atoms with Gasteiger partial charge in [-0.25, -0.2) is 4.79 Å². The molecule has 11 heteroatoms. The number of ether oxygens (including phenoxy) is 1. The summed E-state index contributed by atoms with van der Waals surface area (Å²) in [6, 6.07) is 8.51. The van der Waals surface area contributed by atoms with Crippen molar-refractivity contribution in [2.24, 2.45) is 0 Å². The van der Waals surface area contributed by atoms with Crippen molar-refractivity contribution in [3.63, 3.8) is 0 Å². The lowest BCUT2D eigenvalue weighted by Gasteiger charge is -2.17. The summed E-state index contributed by atoms with van der Waals surface area (Å²) in [7, 11) is 1.40. The zero-order valence-corrected chi connectivity index (χ0v) is 17.1. The van der Waals surface area contributed by atoms with Crippen LogP contribution in [0.3, 0.4) is 0 Å². The Labute approximate surface area is 177 Å². The fourth-order valence-electron chi connectivity index (χ4n) is 2.68. The van der Waals surface area contributed by atoms with Gasteiger partial charge >= 0.3 is 12.2 Å². The standard InChI is InChI=1S/C19H15BrF3N3O4/c1-25-10-17(28)26(18(25)29)9-16(27)24-14-8-11(19(21,22)23)2-7-15(14)30-13-5-3-12(20)4-6-13/h2-8H,9-10H2,1H3,(H,24,27). The molecule has 30 heavy (non-hydrogen) atoms. The van der Waals surface area contributed by atoms with Gasteiger partial charge in [0.25, 0.3) is 5.91 Å². The first-order chi connectivity index (χ1) is 14.0. The number of imide groups is 1. The van der Waals surface area contributed by atoms with Gasteiger partial charge in [0.15, 0.2) is 5.75 Å². The number of hydrogen-bond acceptors (Lipinski definition) is 4. The molecule has 2 aromatic rings. The minimum absolute atomic E-state index is 0.0325. The molecule has 0 spiro atoms. The van der Waals surface area contributed by atoms with Crippen LogP contribution in [0.15, 0.2) is 46.9 Å². The number of rotatable bonds is 5. The number of carbonyl (C=O) groups is 3. The average Bonchev–Trinajstić information content (AvgIpc) is 2.90. The highest BCUT2D eigenvalue weighted by atomic mass is 79.9. The molecule has 1 N–H and O–H groups in total. The molecule has 0 radical (unpaired) electrons. The maximum atomic E-state index is 13.1. The Kier molecular flexibility index (Phi) is 6.01. The predicted octanol–water partition coefficient (Wildman–Crippen LogP) is 4.09. The molecule has 1 aliphatic heterocycles. The molecule has 1 saturated heterocycles. The molecule has 1 heterocycles. The van der Waals surface area contributed by atoms with Crippen LogP contribution in [0.4, 0.5) is 23.7 Å². The highest BCUT2D eigenvalue weighted by Crippen LogP contribution is 2.37. The van der Waals surface area contributed by atoms with E-state index in [0.717, 1.165) is 32.5 Å². The molecule has 0 unspecified atom stereocenters. The SMILES string of the molecule is CN1CC(=O)N(CC(=O)Nc2cc(C(F)(F)F)ccc2Oc2ccc(Br)cc2)C1=O. The molecule has 1 aliphatic rings.